The smallest absolute Gasteiger partial charge is 0.446 e. The SMILES string of the molecule is O=CC(F)(F)F.Oc1cc2c(cc1I)C[C@@H]1NCC[C@]23CCCC[C@H]13. The van der Waals surface area contributed by atoms with E-state index in [2.05, 4.69) is 40.0 Å². The Labute approximate surface area is 158 Å². The number of phenolic OH excluding ortho intramolecular Hbond substituents is 1. The van der Waals surface area contributed by atoms with Crippen molar-refractivity contribution in [1.29, 1.82) is 0 Å². The molecule has 0 radical (unpaired) electrons. The molecule has 0 unspecified atom stereocenters. The average Bonchev–Trinajstić information content (AvgIpc) is 2.57. The van der Waals surface area contributed by atoms with Gasteiger partial charge in [-0.05, 0) is 84.0 Å². The summed E-state index contributed by atoms with van der Waals surface area (Å²) in [6, 6.07) is 4.98. The fraction of sp³-hybridized carbons (Fsp3) is 0.611. The van der Waals surface area contributed by atoms with E-state index in [1.807, 2.05) is 0 Å². The van der Waals surface area contributed by atoms with Crippen molar-refractivity contribution in [3.8, 4) is 5.75 Å². The van der Waals surface area contributed by atoms with Gasteiger partial charge in [-0.25, -0.2) is 0 Å². The molecule has 138 valence electrons. The second-order valence-corrected chi connectivity index (χ2v) is 8.31. The molecule has 2 bridgehead atoms. The summed E-state index contributed by atoms with van der Waals surface area (Å²) in [4.78, 5) is 8.70. The van der Waals surface area contributed by atoms with Crippen molar-refractivity contribution in [3.63, 3.8) is 0 Å². The molecule has 3 atom stereocenters. The largest absolute Gasteiger partial charge is 0.507 e. The zero-order chi connectivity index (χ0) is 18.2. The van der Waals surface area contributed by atoms with Gasteiger partial charge < -0.3 is 10.4 Å². The summed E-state index contributed by atoms with van der Waals surface area (Å²) >= 11 is 2.25. The minimum atomic E-state index is -4.64. The Bertz CT molecular complexity index is 660. The molecule has 3 nitrogen and oxygen atoms in total. The van der Waals surface area contributed by atoms with Crippen LogP contribution in [0.5, 0.6) is 5.75 Å². The third-order valence-electron chi connectivity index (χ3n) is 5.84. The van der Waals surface area contributed by atoms with Crippen molar-refractivity contribution in [2.75, 3.05) is 6.54 Å². The van der Waals surface area contributed by atoms with E-state index in [-0.39, 0.29) is 0 Å². The minimum absolute atomic E-state index is 0.365. The monoisotopic (exact) mass is 467 g/mol. The van der Waals surface area contributed by atoms with Gasteiger partial charge in [-0.2, -0.15) is 13.2 Å². The molecule has 1 aliphatic heterocycles. The maximum absolute atomic E-state index is 10.4. The van der Waals surface area contributed by atoms with Crippen LogP contribution >= 0.6 is 22.6 Å². The Morgan fingerprint density at radius 1 is 1.28 bits per heavy atom. The molecule has 7 heteroatoms. The zero-order valence-electron chi connectivity index (χ0n) is 13.7. The number of aldehydes is 1. The van der Waals surface area contributed by atoms with E-state index in [0.717, 1.165) is 22.5 Å². The lowest BCUT2D eigenvalue weighted by Crippen LogP contribution is -2.59. The number of carbonyl (C=O) groups excluding carboxylic acids is 1. The molecule has 1 saturated carbocycles. The number of alkyl halides is 3. The Balaban J connectivity index is 0.000000265. The molecule has 2 N–H and O–H groups in total. The van der Waals surface area contributed by atoms with Crippen LogP contribution in [0.4, 0.5) is 13.2 Å². The Hall–Kier alpha value is -0.830. The second kappa shape index (κ2) is 7.06. The van der Waals surface area contributed by atoms with Crippen LogP contribution in [0.2, 0.25) is 0 Å². The molecule has 1 saturated heterocycles. The van der Waals surface area contributed by atoms with Gasteiger partial charge in [0.25, 0.3) is 0 Å². The van der Waals surface area contributed by atoms with Crippen molar-refractivity contribution in [1.82, 2.24) is 5.32 Å². The van der Waals surface area contributed by atoms with Gasteiger partial charge in [0, 0.05) is 11.5 Å². The maximum atomic E-state index is 10.4. The van der Waals surface area contributed by atoms with Crippen molar-refractivity contribution in [3.05, 3.63) is 26.8 Å². The van der Waals surface area contributed by atoms with Crippen LogP contribution in [0.25, 0.3) is 0 Å². The lowest BCUT2D eigenvalue weighted by atomic mass is 9.53. The van der Waals surface area contributed by atoms with Gasteiger partial charge in [-0.15, -0.1) is 0 Å². The highest BCUT2D eigenvalue weighted by Crippen LogP contribution is 2.54. The molecule has 3 aliphatic rings. The summed E-state index contributed by atoms with van der Waals surface area (Å²) in [5.41, 5.74) is 3.33. The third kappa shape index (κ3) is 3.67. The zero-order valence-corrected chi connectivity index (χ0v) is 15.9. The van der Waals surface area contributed by atoms with E-state index >= 15 is 0 Å². The molecular formula is C18H21F3INO2. The molecular weight excluding hydrogens is 446 g/mol. The van der Waals surface area contributed by atoms with Gasteiger partial charge in [-0.1, -0.05) is 12.8 Å². The van der Waals surface area contributed by atoms with Gasteiger partial charge in [0.1, 0.15) is 5.75 Å². The molecule has 4 rings (SSSR count). The third-order valence-corrected chi connectivity index (χ3v) is 6.71. The van der Waals surface area contributed by atoms with Crippen molar-refractivity contribution in [2.45, 2.75) is 56.2 Å². The van der Waals surface area contributed by atoms with Crippen LogP contribution in [0.1, 0.15) is 43.2 Å². The summed E-state index contributed by atoms with van der Waals surface area (Å²) in [6.07, 6.45) is 2.13. The summed E-state index contributed by atoms with van der Waals surface area (Å²) in [7, 11) is 0. The first-order valence-electron chi connectivity index (χ1n) is 8.55. The number of phenols is 1. The number of nitrogens with one attached hydrogen (secondary N) is 1. The first-order valence-corrected chi connectivity index (χ1v) is 9.63. The topological polar surface area (TPSA) is 49.3 Å². The molecule has 0 aromatic heterocycles. The highest BCUT2D eigenvalue weighted by molar-refractivity contribution is 14.1. The summed E-state index contributed by atoms with van der Waals surface area (Å²) in [6.45, 7) is 1.15. The number of hydrogen-bond donors (Lipinski definition) is 2. The minimum Gasteiger partial charge on any atom is -0.507 e. The van der Waals surface area contributed by atoms with E-state index in [0.29, 0.717) is 17.2 Å². The Kier molecular flexibility index (Phi) is 5.35. The Morgan fingerprint density at radius 3 is 2.68 bits per heavy atom. The lowest BCUT2D eigenvalue weighted by Gasteiger charge is -2.56. The number of hydrogen-bond acceptors (Lipinski definition) is 3. The number of piperidine rings is 1. The number of fused-ring (bicyclic) bond motifs is 1. The maximum Gasteiger partial charge on any atom is 0.446 e. The predicted molar refractivity (Wildman–Crippen MR) is 96.7 cm³/mol. The van der Waals surface area contributed by atoms with Crippen molar-refractivity contribution >= 4 is 28.9 Å². The van der Waals surface area contributed by atoms with Crippen LogP contribution < -0.4 is 5.32 Å². The van der Waals surface area contributed by atoms with Crippen LogP contribution in [-0.4, -0.2) is 30.2 Å². The lowest BCUT2D eigenvalue weighted by molar-refractivity contribution is -0.156. The normalized spacial score (nSPS) is 30.4. The molecule has 1 aromatic rings. The van der Waals surface area contributed by atoms with Crippen LogP contribution in [0.3, 0.4) is 0 Å². The predicted octanol–water partition coefficient (Wildman–Crippen LogP) is 4.09. The van der Waals surface area contributed by atoms with E-state index in [9.17, 15) is 18.3 Å². The van der Waals surface area contributed by atoms with E-state index < -0.39 is 12.5 Å². The number of carbonyl (C=O) groups is 1. The summed E-state index contributed by atoms with van der Waals surface area (Å²) < 4.78 is 32.3. The van der Waals surface area contributed by atoms with Crippen molar-refractivity contribution < 1.29 is 23.1 Å². The van der Waals surface area contributed by atoms with E-state index in [4.69, 9.17) is 4.79 Å². The first-order chi connectivity index (χ1) is 11.8. The standard InChI is InChI=1S/C16H20INO.C2HF3O/c17-13-7-10-8-14-11-3-1-2-4-16(11,5-6-18-14)12(10)9-15(13)19;3-2(4,5)1-6/h7,9,11,14,18-19H,1-6,8H2;1H/t11-,14+,16+;/m1./s1. The fourth-order valence-electron chi connectivity index (χ4n) is 4.94. The molecule has 0 spiro atoms. The summed E-state index contributed by atoms with van der Waals surface area (Å²) in [5.74, 6) is 1.27. The highest BCUT2D eigenvalue weighted by Gasteiger charge is 2.51. The first kappa shape index (κ1) is 18.9. The fourth-order valence-corrected chi connectivity index (χ4v) is 5.47. The number of halogens is 4. The van der Waals surface area contributed by atoms with E-state index in [1.165, 1.54) is 43.2 Å². The molecule has 1 aromatic carbocycles. The Morgan fingerprint density at radius 2 is 2.00 bits per heavy atom. The molecule has 25 heavy (non-hydrogen) atoms. The van der Waals surface area contributed by atoms with Crippen molar-refractivity contribution in [2.24, 2.45) is 5.92 Å². The average molecular weight is 467 g/mol. The molecule has 2 fully saturated rings. The molecule has 1 heterocycles. The van der Waals surface area contributed by atoms with Gasteiger partial charge in [0.2, 0.25) is 6.29 Å². The van der Waals surface area contributed by atoms with Crippen LogP contribution in [0, 0.1) is 9.49 Å². The van der Waals surface area contributed by atoms with Gasteiger partial charge in [0.05, 0.1) is 3.57 Å². The quantitative estimate of drug-likeness (QED) is 0.447. The van der Waals surface area contributed by atoms with Gasteiger partial charge >= 0.3 is 6.18 Å². The number of benzene rings is 1. The molecule has 0 amide bonds. The van der Waals surface area contributed by atoms with E-state index in [1.54, 1.807) is 0 Å². The van der Waals surface area contributed by atoms with Crippen LogP contribution in [-0.2, 0) is 16.6 Å². The van der Waals surface area contributed by atoms with Crippen LogP contribution in [0.15, 0.2) is 12.1 Å². The second-order valence-electron chi connectivity index (χ2n) is 7.14. The highest BCUT2D eigenvalue weighted by atomic mass is 127. The van der Waals surface area contributed by atoms with Gasteiger partial charge in [0.15, 0.2) is 0 Å². The number of aromatic hydroxyl groups is 1. The number of rotatable bonds is 0. The van der Waals surface area contributed by atoms with Gasteiger partial charge in [-0.3, -0.25) is 4.79 Å². The molecule has 2 aliphatic carbocycles. The summed E-state index contributed by atoms with van der Waals surface area (Å²) in [5, 5.41) is 13.9.